The van der Waals surface area contributed by atoms with Gasteiger partial charge in [-0.25, -0.2) is 0 Å². The molecule has 20 heavy (non-hydrogen) atoms. The molecule has 0 bridgehead atoms. The van der Waals surface area contributed by atoms with Gasteiger partial charge >= 0.3 is 0 Å². The van der Waals surface area contributed by atoms with E-state index in [-0.39, 0.29) is 5.78 Å². The molecule has 2 rings (SSSR count). The van der Waals surface area contributed by atoms with Crippen LogP contribution < -0.4 is 5.73 Å². The Bertz CT molecular complexity index is 625. The summed E-state index contributed by atoms with van der Waals surface area (Å²) >= 11 is 11.9. The Morgan fingerprint density at radius 2 is 1.50 bits per heavy atom. The van der Waals surface area contributed by atoms with Crippen LogP contribution in [0.1, 0.15) is 41.3 Å². The Hall–Kier alpha value is -1.51. The largest absolute Gasteiger partial charge is 0.396 e. The number of ketones is 1. The zero-order valence-electron chi connectivity index (χ0n) is 11.3. The van der Waals surface area contributed by atoms with Gasteiger partial charge in [-0.1, -0.05) is 61.3 Å². The van der Waals surface area contributed by atoms with Crippen molar-refractivity contribution in [3.63, 3.8) is 0 Å². The number of carbonyl (C=O) groups is 1. The highest BCUT2D eigenvalue weighted by Gasteiger charge is 2.13. The molecule has 2 N–H and O–H groups in total. The number of anilines is 1. The van der Waals surface area contributed by atoms with Gasteiger partial charge < -0.3 is 5.73 Å². The maximum atomic E-state index is 12.4. The fraction of sp³-hybridized carbons (Fsp3) is 0.188. The summed E-state index contributed by atoms with van der Waals surface area (Å²) in [6.45, 7) is 4.21. The van der Waals surface area contributed by atoms with Gasteiger partial charge in [0.1, 0.15) is 0 Å². The van der Waals surface area contributed by atoms with Crippen LogP contribution in [0.3, 0.4) is 0 Å². The summed E-state index contributed by atoms with van der Waals surface area (Å²) < 4.78 is 0. The number of carbonyl (C=O) groups excluding carboxylic acids is 1. The first-order chi connectivity index (χ1) is 9.40. The highest BCUT2D eigenvalue weighted by Crippen LogP contribution is 2.30. The lowest BCUT2D eigenvalue weighted by Gasteiger charge is -2.08. The molecule has 104 valence electrons. The molecule has 0 aromatic heterocycles. The highest BCUT2D eigenvalue weighted by atomic mass is 35.5. The Morgan fingerprint density at radius 1 is 1.00 bits per heavy atom. The fourth-order valence-electron chi connectivity index (χ4n) is 1.90. The molecule has 0 aliphatic heterocycles. The molecule has 0 atom stereocenters. The summed E-state index contributed by atoms with van der Waals surface area (Å²) in [7, 11) is 0. The number of nitrogens with two attached hydrogens (primary N) is 1. The van der Waals surface area contributed by atoms with Crippen molar-refractivity contribution in [1.29, 1.82) is 0 Å². The zero-order chi connectivity index (χ0) is 14.9. The van der Waals surface area contributed by atoms with Crippen LogP contribution in [0.2, 0.25) is 10.0 Å². The van der Waals surface area contributed by atoms with E-state index in [2.05, 4.69) is 13.8 Å². The highest BCUT2D eigenvalue weighted by molar-refractivity contribution is 6.39. The topological polar surface area (TPSA) is 43.1 Å². The normalized spacial score (nSPS) is 10.8. The summed E-state index contributed by atoms with van der Waals surface area (Å²) in [5.41, 5.74) is 8.19. The van der Waals surface area contributed by atoms with Crippen LogP contribution in [0.5, 0.6) is 0 Å². The quantitative estimate of drug-likeness (QED) is 0.645. The molecule has 0 fully saturated rings. The van der Waals surface area contributed by atoms with Gasteiger partial charge in [-0.05, 0) is 23.6 Å². The molecule has 0 unspecified atom stereocenters. The van der Waals surface area contributed by atoms with Crippen LogP contribution in [0.4, 0.5) is 5.69 Å². The SMILES string of the molecule is CC(C)c1ccc(C(=O)c2cc(Cl)c(N)c(Cl)c2)cc1. The average molecular weight is 308 g/mol. The summed E-state index contributed by atoms with van der Waals surface area (Å²) in [4.78, 5) is 12.4. The third-order valence-corrected chi connectivity index (χ3v) is 3.81. The molecule has 2 nitrogen and oxygen atoms in total. The minimum absolute atomic E-state index is 0.121. The molecular weight excluding hydrogens is 293 g/mol. The van der Waals surface area contributed by atoms with Crippen molar-refractivity contribution >= 4 is 34.7 Å². The van der Waals surface area contributed by atoms with Crippen molar-refractivity contribution in [1.82, 2.24) is 0 Å². The Morgan fingerprint density at radius 3 is 1.95 bits per heavy atom. The zero-order valence-corrected chi connectivity index (χ0v) is 12.8. The van der Waals surface area contributed by atoms with Crippen LogP contribution in [-0.2, 0) is 0 Å². The Kier molecular flexibility index (Phi) is 4.36. The maximum Gasteiger partial charge on any atom is 0.193 e. The Labute approximate surface area is 128 Å². The predicted octanol–water partition coefficient (Wildman–Crippen LogP) is 4.93. The van der Waals surface area contributed by atoms with Crippen molar-refractivity contribution in [2.45, 2.75) is 19.8 Å². The molecule has 0 aliphatic rings. The molecule has 0 saturated heterocycles. The van der Waals surface area contributed by atoms with Gasteiger partial charge in [0.2, 0.25) is 0 Å². The summed E-state index contributed by atoms with van der Waals surface area (Å²) in [5.74, 6) is 0.309. The molecule has 0 aliphatic carbocycles. The van der Waals surface area contributed by atoms with Crippen molar-refractivity contribution in [2.75, 3.05) is 5.73 Å². The first kappa shape index (κ1) is 14.9. The maximum absolute atomic E-state index is 12.4. The van der Waals surface area contributed by atoms with Crippen LogP contribution in [0.15, 0.2) is 36.4 Å². The molecule has 0 amide bonds. The second-order valence-corrected chi connectivity index (χ2v) is 5.77. The first-order valence-electron chi connectivity index (χ1n) is 6.29. The first-order valence-corrected chi connectivity index (χ1v) is 7.05. The van der Waals surface area contributed by atoms with E-state index in [1.165, 1.54) is 5.56 Å². The molecule has 0 saturated carbocycles. The van der Waals surface area contributed by atoms with Crippen LogP contribution >= 0.6 is 23.2 Å². The molecular formula is C16H15Cl2NO. The van der Waals surface area contributed by atoms with E-state index in [0.29, 0.717) is 32.8 Å². The second kappa shape index (κ2) is 5.86. The number of nitrogen functional groups attached to an aromatic ring is 1. The monoisotopic (exact) mass is 307 g/mol. The van der Waals surface area contributed by atoms with E-state index in [1.54, 1.807) is 12.1 Å². The number of benzene rings is 2. The van der Waals surface area contributed by atoms with Gasteiger partial charge in [-0.15, -0.1) is 0 Å². The summed E-state index contributed by atoms with van der Waals surface area (Å²) in [5, 5.41) is 0.583. The number of halogens is 2. The van der Waals surface area contributed by atoms with E-state index >= 15 is 0 Å². The predicted molar refractivity (Wildman–Crippen MR) is 84.8 cm³/mol. The molecule has 0 heterocycles. The molecule has 0 spiro atoms. The van der Waals surface area contributed by atoms with Crippen molar-refractivity contribution in [3.05, 3.63) is 63.1 Å². The lowest BCUT2D eigenvalue weighted by atomic mass is 9.98. The van der Waals surface area contributed by atoms with Crippen LogP contribution in [0, 0.1) is 0 Å². The van der Waals surface area contributed by atoms with Crippen molar-refractivity contribution < 1.29 is 4.79 Å². The molecule has 0 radical (unpaired) electrons. The lowest BCUT2D eigenvalue weighted by Crippen LogP contribution is -2.03. The van der Waals surface area contributed by atoms with Gasteiger partial charge in [0.15, 0.2) is 5.78 Å². The van der Waals surface area contributed by atoms with Crippen molar-refractivity contribution in [2.24, 2.45) is 0 Å². The smallest absolute Gasteiger partial charge is 0.193 e. The minimum Gasteiger partial charge on any atom is -0.396 e. The van der Waals surface area contributed by atoms with Gasteiger partial charge in [0, 0.05) is 11.1 Å². The van der Waals surface area contributed by atoms with Gasteiger partial charge in [0.05, 0.1) is 15.7 Å². The van der Waals surface area contributed by atoms with Crippen LogP contribution in [0.25, 0.3) is 0 Å². The van der Waals surface area contributed by atoms with Crippen molar-refractivity contribution in [3.8, 4) is 0 Å². The molecule has 2 aromatic carbocycles. The minimum atomic E-state index is -0.121. The van der Waals surface area contributed by atoms with E-state index in [0.717, 1.165) is 0 Å². The van der Waals surface area contributed by atoms with Gasteiger partial charge in [-0.3, -0.25) is 4.79 Å². The standard InChI is InChI=1S/C16H15Cl2NO/c1-9(2)10-3-5-11(6-4-10)16(20)12-7-13(17)15(19)14(18)8-12/h3-9H,19H2,1-2H3. The van der Waals surface area contributed by atoms with E-state index in [1.807, 2.05) is 24.3 Å². The average Bonchev–Trinajstić information content (AvgIpc) is 2.43. The van der Waals surface area contributed by atoms with Crippen LogP contribution in [-0.4, -0.2) is 5.78 Å². The number of hydrogen-bond donors (Lipinski definition) is 1. The van der Waals surface area contributed by atoms with E-state index in [4.69, 9.17) is 28.9 Å². The second-order valence-electron chi connectivity index (χ2n) is 4.96. The fourth-order valence-corrected chi connectivity index (χ4v) is 2.39. The third kappa shape index (κ3) is 2.97. The number of rotatable bonds is 3. The molecule has 4 heteroatoms. The van der Waals surface area contributed by atoms with Gasteiger partial charge in [0.25, 0.3) is 0 Å². The van der Waals surface area contributed by atoms with Gasteiger partial charge in [-0.2, -0.15) is 0 Å². The lowest BCUT2D eigenvalue weighted by molar-refractivity contribution is 0.103. The number of hydrogen-bond acceptors (Lipinski definition) is 2. The molecule has 2 aromatic rings. The summed E-state index contributed by atoms with van der Waals surface area (Å²) in [6.07, 6.45) is 0. The summed E-state index contributed by atoms with van der Waals surface area (Å²) in [6, 6.07) is 10.6. The van der Waals surface area contributed by atoms with E-state index in [9.17, 15) is 4.79 Å². The Balaban J connectivity index is 2.36. The third-order valence-electron chi connectivity index (χ3n) is 3.18. The van der Waals surface area contributed by atoms with E-state index < -0.39 is 0 Å².